The van der Waals surface area contributed by atoms with Crippen molar-refractivity contribution < 1.29 is 9.21 Å². The number of ketones is 1. The Kier molecular flexibility index (Phi) is 3.33. The summed E-state index contributed by atoms with van der Waals surface area (Å²) in [4.78, 5) is 15.2. The molecule has 100 valence electrons. The van der Waals surface area contributed by atoms with Gasteiger partial charge in [0.05, 0.1) is 4.88 Å². The number of hydrogen-bond acceptors (Lipinski definition) is 6. The highest BCUT2D eigenvalue weighted by atomic mass is 32.1. The minimum absolute atomic E-state index is 0.0274. The van der Waals surface area contributed by atoms with Crippen molar-refractivity contribution in [3.8, 4) is 0 Å². The van der Waals surface area contributed by atoms with Crippen LogP contribution in [0.2, 0.25) is 0 Å². The molecule has 1 aliphatic heterocycles. The molecule has 0 radical (unpaired) electrons. The average molecular weight is 277 g/mol. The number of thiophene rings is 1. The Morgan fingerprint density at radius 2 is 2.42 bits per heavy atom. The maximum absolute atomic E-state index is 12.4. The van der Waals surface area contributed by atoms with Crippen molar-refractivity contribution in [2.45, 2.75) is 19.8 Å². The van der Waals surface area contributed by atoms with E-state index in [2.05, 4.69) is 10.2 Å². The predicted octanol–water partition coefficient (Wildman–Crippen LogP) is 2.54. The smallest absolute Gasteiger partial charge is 0.318 e. The van der Waals surface area contributed by atoms with Gasteiger partial charge in [-0.15, -0.1) is 16.4 Å². The summed E-state index contributed by atoms with van der Waals surface area (Å²) in [7, 11) is 0. The summed E-state index contributed by atoms with van der Waals surface area (Å²) in [6.07, 6.45) is 1.91. The van der Waals surface area contributed by atoms with Crippen LogP contribution in [0.5, 0.6) is 0 Å². The van der Waals surface area contributed by atoms with Gasteiger partial charge in [-0.3, -0.25) is 4.79 Å². The highest BCUT2D eigenvalue weighted by Gasteiger charge is 2.29. The first-order chi connectivity index (χ1) is 9.24. The van der Waals surface area contributed by atoms with Crippen molar-refractivity contribution in [1.29, 1.82) is 0 Å². The summed E-state index contributed by atoms with van der Waals surface area (Å²) in [6, 6.07) is 4.34. The lowest BCUT2D eigenvalue weighted by molar-refractivity contribution is 0.0910. The number of carbonyl (C=O) groups excluding carboxylic acids is 1. The number of aryl methyl sites for hydroxylation is 1. The second-order valence-corrected chi connectivity index (χ2v) is 5.68. The van der Waals surface area contributed by atoms with Crippen LogP contribution in [-0.4, -0.2) is 29.1 Å². The van der Waals surface area contributed by atoms with E-state index in [1.54, 1.807) is 6.92 Å². The molecule has 6 heteroatoms. The molecule has 0 aliphatic carbocycles. The molecule has 2 aromatic heterocycles. The van der Waals surface area contributed by atoms with Gasteiger partial charge in [0, 0.05) is 25.9 Å². The van der Waals surface area contributed by atoms with Crippen molar-refractivity contribution in [3.63, 3.8) is 0 Å². The molecule has 1 aliphatic rings. The third-order valence-corrected chi connectivity index (χ3v) is 4.23. The molecule has 2 aromatic rings. The Balaban J connectivity index is 1.73. The maximum atomic E-state index is 12.4. The highest BCUT2D eigenvalue weighted by Crippen LogP contribution is 2.26. The van der Waals surface area contributed by atoms with E-state index in [0.29, 0.717) is 18.5 Å². The lowest BCUT2D eigenvalue weighted by atomic mass is 9.93. The molecule has 1 atom stereocenters. The van der Waals surface area contributed by atoms with Gasteiger partial charge in [-0.05, 0) is 24.3 Å². The first kappa shape index (κ1) is 12.3. The van der Waals surface area contributed by atoms with E-state index in [1.807, 2.05) is 22.4 Å². The second-order valence-electron chi connectivity index (χ2n) is 4.73. The molecule has 3 heterocycles. The van der Waals surface area contributed by atoms with Crippen LogP contribution < -0.4 is 4.90 Å². The summed E-state index contributed by atoms with van der Waals surface area (Å²) >= 11 is 1.51. The molecule has 0 unspecified atom stereocenters. The number of Topliss-reactive ketones (excluding diaryl/α,β-unsaturated/α-hetero) is 1. The summed E-state index contributed by atoms with van der Waals surface area (Å²) in [6.45, 7) is 3.31. The van der Waals surface area contributed by atoms with Gasteiger partial charge in [-0.25, -0.2) is 0 Å². The third kappa shape index (κ3) is 2.53. The van der Waals surface area contributed by atoms with Crippen molar-refractivity contribution in [3.05, 3.63) is 28.3 Å². The van der Waals surface area contributed by atoms with E-state index in [-0.39, 0.29) is 11.7 Å². The van der Waals surface area contributed by atoms with Crippen LogP contribution in [0, 0.1) is 12.8 Å². The largest absolute Gasteiger partial charge is 0.408 e. The standard InChI is InChI=1S/C13H15N3O2S/c1-9-14-15-13(18-9)16-6-2-4-10(8-16)12(17)11-5-3-7-19-11/h3,5,7,10H,2,4,6,8H2,1H3/t10-/m0/s1. The molecule has 3 rings (SSSR count). The van der Waals surface area contributed by atoms with Crippen molar-refractivity contribution in [2.24, 2.45) is 5.92 Å². The molecule has 0 aromatic carbocycles. The zero-order valence-corrected chi connectivity index (χ0v) is 11.5. The average Bonchev–Trinajstić information content (AvgIpc) is 3.09. The molecule has 0 N–H and O–H groups in total. The highest BCUT2D eigenvalue weighted by molar-refractivity contribution is 7.12. The fraction of sp³-hybridized carbons (Fsp3) is 0.462. The van der Waals surface area contributed by atoms with E-state index < -0.39 is 0 Å². The summed E-state index contributed by atoms with van der Waals surface area (Å²) in [5, 5.41) is 9.81. The van der Waals surface area contributed by atoms with Crippen LogP contribution in [0.15, 0.2) is 21.9 Å². The molecule has 0 bridgehead atoms. The molecule has 1 fully saturated rings. The van der Waals surface area contributed by atoms with E-state index in [0.717, 1.165) is 24.3 Å². The molecule has 0 saturated carbocycles. The third-order valence-electron chi connectivity index (χ3n) is 3.34. The fourth-order valence-corrected chi connectivity index (χ4v) is 3.14. The molecule has 19 heavy (non-hydrogen) atoms. The van der Waals surface area contributed by atoms with Gasteiger partial charge in [0.25, 0.3) is 0 Å². The number of piperidine rings is 1. The molecule has 0 spiro atoms. The maximum Gasteiger partial charge on any atom is 0.318 e. The van der Waals surface area contributed by atoms with Crippen molar-refractivity contribution in [2.75, 3.05) is 18.0 Å². The van der Waals surface area contributed by atoms with E-state index in [1.165, 1.54) is 11.3 Å². The zero-order chi connectivity index (χ0) is 13.2. The molecule has 0 amide bonds. The Morgan fingerprint density at radius 1 is 1.53 bits per heavy atom. The second kappa shape index (κ2) is 5.13. The van der Waals surface area contributed by atoms with E-state index >= 15 is 0 Å². The van der Waals surface area contributed by atoms with Gasteiger partial charge in [-0.2, -0.15) is 0 Å². The summed E-state index contributed by atoms with van der Waals surface area (Å²) in [5.74, 6) is 0.817. The minimum Gasteiger partial charge on any atom is -0.408 e. The SMILES string of the molecule is Cc1nnc(N2CCC[C@H](C(=O)c3cccs3)C2)o1. The normalized spacial score (nSPS) is 19.6. The van der Waals surface area contributed by atoms with Crippen LogP contribution in [0.25, 0.3) is 0 Å². The number of hydrogen-bond donors (Lipinski definition) is 0. The number of carbonyl (C=O) groups is 1. The molecule has 1 saturated heterocycles. The minimum atomic E-state index is 0.0274. The monoisotopic (exact) mass is 277 g/mol. The van der Waals surface area contributed by atoms with Gasteiger partial charge in [-0.1, -0.05) is 11.2 Å². The topological polar surface area (TPSA) is 59.2 Å². The number of nitrogens with zero attached hydrogens (tertiary/aromatic N) is 3. The van der Waals surface area contributed by atoms with Gasteiger partial charge >= 0.3 is 6.01 Å². The van der Waals surface area contributed by atoms with E-state index in [9.17, 15) is 4.79 Å². The lowest BCUT2D eigenvalue weighted by Crippen LogP contribution is -2.38. The first-order valence-corrected chi connectivity index (χ1v) is 7.25. The summed E-state index contributed by atoms with van der Waals surface area (Å²) in [5.41, 5.74) is 0. The van der Waals surface area contributed by atoms with Crippen LogP contribution in [-0.2, 0) is 0 Å². The van der Waals surface area contributed by atoms with Crippen molar-refractivity contribution >= 4 is 23.1 Å². The molecular weight excluding hydrogens is 262 g/mol. The number of aromatic nitrogens is 2. The van der Waals surface area contributed by atoms with Crippen LogP contribution >= 0.6 is 11.3 Å². The van der Waals surface area contributed by atoms with Crippen molar-refractivity contribution in [1.82, 2.24) is 10.2 Å². The van der Waals surface area contributed by atoms with Crippen LogP contribution in [0.4, 0.5) is 6.01 Å². The Labute approximate surface area is 115 Å². The predicted molar refractivity (Wildman–Crippen MR) is 72.6 cm³/mol. The first-order valence-electron chi connectivity index (χ1n) is 6.37. The molecule has 5 nitrogen and oxygen atoms in total. The Bertz CT molecular complexity index is 564. The molecular formula is C13H15N3O2S. The Hall–Kier alpha value is -1.69. The van der Waals surface area contributed by atoms with Gasteiger partial charge in [0.1, 0.15) is 0 Å². The van der Waals surface area contributed by atoms with Gasteiger partial charge < -0.3 is 9.32 Å². The van der Waals surface area contributed by atoms with Gasteiger partial charge in [0.15, 0.2) is 5.78 Å². The van der Waals surface area contributed by atoms with E-state index in [4.69, 9.17) is 4.42 Å². The number of anilines is 1. The summed E-state index contributed by atoms with van der Waals surface area (Å²) < 4.78 is 5.44. The van der Waals surface area contributed by atoms with Crippen LogP contribution in [0.3, 0.4) is 0 Å². The van der Waals surface area contributed by atoms with Crippen LogP contribution in [0.1, 0.15) is 28.4 Å². The quantitative estimate of drug-likeness (QED) is 0.807. The zero-order valence-electron chi connectivity index (χ0n) is 10.7. The lowest BCUT2D eigenvalue weighted by Gasteiger charge is -2.30. The van der Waals surface area contributed by atoms with Gasteiger partial charge in [0.2, 0.25) is 5.89 Å². The fourth-order valence-electron chi connectivity index (χ4n) is 2.40. The Morgan fingerprint density at radius 3 is 3.11 bits per heavy atom. The number of rotatable bonds is 3.